The van der Waals surface area contributed by atoms with Gasteiger partial charge in [0.15, 0.2) is 11.5 Å². The Morgan fingerprint density at radius 1 is 1.17 bits per heavy atom. The van der Waals surface area contributed by atoms with Crippen molar-refractivity contribution in [3.8, 4) is 11.5 Å². The van der Waals surface area contributed by atoms with Crippen LogP contribution in [0.4, 0.5) is 0 Å². The zero-order chi connectivity index (χ0) is 17.9. The third-order valence-corrected chi connectivity index (χ3v) is 4.79. The number of carbonyl (C=O) groups is 1. The molecule has 0 spiro atoms. The molecule has 2 rings (SSSR count). The first-order valence-corrected chi connectivity index (χ1v) is 8.68. The van der Waals surface area contributed by atoms with Gasteiger partial charge in [-0.05, 0) is 63.8 Å². The number of nitrogens with zero attached hydrogens (tertiary/aromatic N) is 1. The minimum absolute atomic E-state index is 0.0610. The molecule has 1 aromatic rings. The van der Waals surface area contributed by atoms with Crippen LogP contribution in [0.1, 0.15) is 50.8 Å². The standard InChI is InChI=1S/C19H30N2O3/c1-12(2)21-9-7-8-16(19(21)22)20-14(4)15-11-18(24-6)17(23-5)10-13(15)3/h10-12,14,16,20H,7-9H2,1-6H3/t14-,16-/m1/s1. The van der Waals surface area contributed by atoms with Gasteiger partial charge in [0, 0.05) is 18.6 Å². The lowest BCUT2D eigenvalue weighted by atomic mass is 9.98. The monoisotopic (exact) mass is 334 g/mol. The molecule has 24 heavy (non-hydrogen) atoms. The van der Waals surface area contributed by atoms with Gasteiger partial charge in [-0.1, -0.05) is 0 Å². The van der Waals surface area contributed by atoms with Gasteiger partial charge in [0.25, 0.3) is 0 Å². The van der Waals surface area contributed by atoms with Crippen LogP contribution in [0.2, 0.25) is 0 Å². The molecule has 0 saturated carbocycles. The largest absolute Gasteiger partial charge is 0.493 e. The van der Waals surface area contributed by atoms with Crippen LogP contribution in [-0.4, -0.2) is 43.7 Å². The SMILES string of the molecule is COc1cc(C)c([C@@H](C)N[C@@H]2CCCN(C(C)C)C2=O)cc1OC. The fourth-order valence-electron chi connectivity index (χ4n) is 3.42. The molecule has 1 amide bonds. The number of methoxy groups -OCH3 is 2. The number of hydrogen-bond donors (Lipinski definition) is 1. The highest BCUT2D eigenvalue weighted by Gasteiger charge is 2.31. The average Bonchev–Trinajstić information content (AvgIpc) is 2.55. The van der Waals surface area contributed by atoms with Crippen LogP contribution in [0.3, 0.4) is 0 Å². The van der Waals surface area contributed by atoms with Crippen molar-refractivity contribution in [1.82, 2.24) is 10.2 Å². The predicted octanol–water partition coefficient (Wildman–Crippen LogP) is 3.06. The summed E-state index contributed by atoms with van der Waals surface area (Å²) in [4.78, 5) is 14.6. The number of likely N-dealkylation sites (tertiary alicyclic amines) is 1. The molecule has 2 atom stereocenters. The van der Waals surface area contributed by atoms with Gasteiger partial charge < -0.3 is 14.4 Å². The van der Waals surface area contributed by atoms with Gasteiger partial charge in [0.1, 0.15) is 0 Å². The lowest BCUT2D eigenvalue weighted by Gasteiger charge is -2.36. The number of piperidine rings is 1. The first kappa shape index (κ1) is 18.6. The van der Waals surface area contributed by atoms with Gasteiger partial charge in [-0.3, -0.25) is 10.1 Å². The summed E-state index contributed by atoms with van der Waals surface area (Å²) < 4.78 is 10.8. The first-order valence-electron chi connectivity index (χ1n) is 8.68. The van der Waals surface area contributed by atoms with Crippen molar-refractivity contribution >= 4 is 5.91 Å². The minimum atomic E-state index is -0.122. The van der Waals surface area contributed by atoms with E-state index in [1.165, 1.54) is 0 Å². The summed E-state index contributed by atoms with van der Waals surface area (Å²) >= 11 is 0. The van der Waals surface area contributed by atoms with E-state index in [9.17, 15) is 4.79 Å². The molecule has 1 fully saturated rings. The van der Waals surface area contributed by atoms with E-state index >= 15 is 0 Å². The zero-order valence-electron chi connectivity index (χ0n) is 15.7. The highest BCUT2D eigenvalue weighted by molar-refractivity contribution is 5.83. The molecule has 5 nitrogen and oxygen atoms in total. The number of aryl methyl sites for hydroxylation is 1. The van der Waals surface area contributed by atoms with Gasteiger partial charge >= 0.3 is 0 Å². The molecule has 1 aliphatic rings. The number of hydrogen-bond acceptors (Lipinski definition) is 4. The van der Waals surface area contributed by atoms with Crippen LogP contribution in [0.5, 0.6) is 11.5 Å². The maximum absolute atomic E-state index is 12.7. The average molecular weight is 334 g/mol. The van der Waals surface area contributed by atoms with Crippen LogP contribution < -0.4 is 14.8 Å². The molecule has 0 aromatic heterocycles. The van der Waals surface area contributed by atoms with E-state index in [0.29, 0.717) is 5.75 Å². The number of nitrogens with one attached hydrogen (secondary N) is 1. The van der Waals surface area contributed by atoms with Crippen molar-refractivity contribution in [3.05, 3.63) is 23.3 Å². The number of ether oxygens (including phenoxy) is 2. The second-order valence-electron chi connectivity index (χ2n) is 6.77. The van der Waals surface area contributed by atoms with Crippen molar-refractivity contribution in [2.24, 2.45) is 0 Å². The van der Waals surface area contributed by atoms with E-state index in [4.69, 9.17) is 9.47 Å². The molecule has 1 aromatic carbocycles. The van der Waals surface area contributed by atoms with E-state index in [0.717, 1.165) is 36.3 Å². The van der Waals surface area contributed by atoms with Crippen molar-refractivity contribution in [2.45, 2.75) is 58.7 Å². The smallest absolute Gasteiger partial charge is 0.239 e. The normalized spacial score (nSPS) is 19.5. The molecule has 5 heteroatoms. The second-order valence-corrected chi connectivity index (χ2v) is 6.77. The lowest BCUT2D eigenvalue weighted by Crippen LogP contribution is -2.53. The van der Waals surface area contributed by atoms with Crippen molar-refractivity contribution in [1.29, 1.82) is 0 Å². The molecular formula is C19H30N2O3. The Morgan fingerprint density at radius 2 is 1.79 bits per heavy atom. The highest BCUT2D eigenvalue weighted by atomic mass is 16.5. The van der Waals surface area contributed by atoms with Gasteiger partial charge in [-0.15, -0.1) is 0 Å². The summed E-state index contributed by atoms with van der Waals surface area (Å²) in [6.07, 6.45) is 1.93. The van der Waals surface area contributed by atoms with Crippen LogP contribution in [-0.2, 0) is 4.79 Å². The molecule has 1 saturated heterocycles. The molecular weight excluding hydrogens is 304 g/mol. The van der Waals surface area contributed by atoms with Gasteiger partial charge in [-0.25, -0.2) is 0 Å². The number of amides is 1. The summed E-state index contributed by atoms with van der Waals surface area (Å²) in [5.74, 6) is 1.65. The number of carbonyl (C=O) groups excluding carboxylic acids is 1. The molecule has 134 valence electrons. The molecule has 1 aliphatic heterocycles. The Balaban J connectivity index is 2.17. The van der Waals surface area contributed by atoms with Crippen molar-refractivity contribution in [3.63, 3.8) is 0 Å². The van der Waals surface area contributed by atoms with Crippen LogP contribution >= 0.6 is 0 Å². The molecule has 1 heterocycles. The van der Waals surface area contributed by atoms with Gasteiger partial charge in [-0.2, -0.15) is 0 Å². The lowest BCUT2D eigenvalue weighted by molar-refractivity contribution is -0.138. The predicted molar refractivity (Wildman–Crippen MR) is 95.7 cm³/mol. The van der Waals surface area contributed by atoms with Gasteiger partial charge in [0.05, 0.1) is 20.3 Å². The van der Waals surface area contributed by atoms with E-state index in [1.54, 1.807) is 14.2 Å². The van der Waals surface area contributed by atoms with E-state index in [2.05, 4.69) is 33.0 Å². The highest BCUT2D eigenvalue weighted by Crippen LogP contribution is 2.33. The Kier molecular flexibility index (Phi) is 6.10. The van der Waals surface area contributed by atoms with E-state index in [1.807, 2.05) is 17.0 Å². The zero-order valence-corrected chi connectivity index (χ0v) is 15.7. The second kappa shape index (κ2) is 7.88. The summed E-state index contributed by atoms with van der Waals surface area (Å²) in [5.41, 5.74) is 2.25. The Morgan fingerprint density at radius 3 is 2.38 bits per heavy atom. The Bertz CT molecular complexity index is 586. The number of benzene rings is 1. The van der Waals surface area contributed by atoms with E-state index < -0.39 is 0 Å². The summed E-state index contributed by atoms with van der Waals surface area (Å²) in [7, 11) is 3.28. The van der Waals surface area contributed by atoms with Gasteiger partial charge in [0.2, 0.25) is 5.91 Å². The first-order chi connectivity index (χ1) is 11.4. The van der Waals surface area contributed by atoms with E-state index in [-0.39, 0.29) is 24.0 Å². The molecule has 0 unspecified atom stereocenters. The van der Waals surface area contributed by atoms with Crippen molar-refractivity contribution in [2.75, 3.05) is 20.8 Å². The van der Waals surface area contributed by atoms with Crippen molar-refractivity contribution < 1.29 is 14.3 Å². The summed E-state index contributed by atoms with van der Waals surface area (Å²) in [5, 5.41) is 3.51. The number of rotatable bonds is 6. The Hall–Kier alpha value is -1.75. The quantitative estimate of drug-likeness (QED) is 0.869. The molecule has 0 radical (unpaired) electrons. The summed E-state index contributed by atoms with van der Waals surface area (Å²) in [6.45, 7) is 9.15. The maximum atomic E-state index is 12.7. The minimum Gasteiger partial charge on any atom is -0.493 e. The summed E-state index contributed by atoms with van der Waals surface area (Å²) in [6, 6.07) is 4.17. The third kappa shape index (κ3) is 3.83. The maximum Gasteiger partial charge on any atom is 0.239 e. The Labute approximate surface area is 145 Å². The molecule has 1 N–H and O–H groups in total. The fourth-order valence-corrected chi connectivity index (χ4v) is 3.42. The van der Waals surface area contributed by atoms with Crippen LogP contribution in [0, 0.1) is 6.92 Å². The molecule has 0 bridgehead atoms. The molecule has 0 aliphatic carbocycles. The van der Waals surface area contributed by atoms with Crippen LogP contribution in [0.25, 0.3) is 0 Å². The topological polar surface area (TPSA) is 50.8 Å². The van der Waals surface area contributed by atoms with Crippen LogP contribution in [0.15, 0.2) is 12.1 Å². The fraction of sp³-hybridized carbons (Fsp3) is 0.632. The third-order valence-electron chi connectivity index (χ3n) is 4.79.